The SMILES string of the molecule is COc1cccc(CC(=O)C2C3C4CCC(C4)C23)c1F. The molecule has 0 saturated heterocycles. The number of halogens is 1. The zero-order chi connectivity index (χ0) is 13.9. The Morgan fingerprint density at radius 1 is 1.30 bits per heavy atom. The van der Waals surface area contributed by atoms with Crippen LogP contribution < -0.4 is 4.74 Å². The number of carbonyl (C=O) groups excluding carboxylic acids is 1. The van der Waals surface area contributed by atoms with Gasteiger partial charge in [-0.3, -0.25) is 4.79 Å². The molecule has 1 aromatic carbocycles. The topological polar surface area (TPSA) is 26.3 Å². The minimum atomic E-state index is -0.378. The molecule has 0 aliphatic heterocycles. The molecule has 0 amide bonds. The predicted octanol–water partition coefficient (Wildman–Crippen LogP) is 3.24. The molecule has 1 aromatic rings. The number of ether oxygens (including phenoxy) is 1. The van der Waals surface area contributed by atoms with Crippen LogP contribution in [0.4, 0.5) is 4.39 Å². The molecule has 3 fully saturated rings. The first kappa shape index (κ1) is 12.4. The van der Waals surface area contributed by atoms with Gasteiger partial charge < -0.3 is 4.74 Å². The normalized spacial score (nSPS) is 36.8. The molecule has 4 atom stereocenters. The Morgan fingerprint density at radius 2 is 2.00 bits per heavy atom. The molecule has 0 heterocycles. The molecule has 0 N–H and O–H groups in total. The molecular weight excluding hydrogens is 255 g/mol. The number of hydrogen-bond acceptors (Lipinski definition) is 2. The van der Waals surface area contributed by atoms with Gasteiger partial charge in [-0.1, -0.05) is 12.1 Å². The number of rotatable bonds is 4. The second kappa shape index (κ2) is 4.31. The molecule has 0 radical (unpaired) electrons. The van der Waals surface area contributed by atoms with E-state index in [1.165, 1.54) is 26.4 Å². The highest BCUT2D eigenvalue weighted by molar-refractivity contribution is 5.87. The van der Waals surface area contributed by atoms with Crippen molar-refractivity contribution < 1.29 is 13.9 Å². The fraction of sp³-hybridized carbons (Fsp3) is 0.588. The number of hydrogen-bond donors (Lipinski definition) is 0. The van der Waals surface area contributed by atoms with E-state index in [1.54, 1.807) is 18.2 Å². The van der Waals surface area contributed by atoms with E-state index in [1.807, 2.05) is 0 Å². The van der Waals surface area contributed by atoms with Crippen molar-refractivity contribution in [3.8, 4) is 5.75 Å². The van der Waals surface area contributed by atoms with E-state index in [9.17, 15) is 9.18 Å². The highest BCUT2D eigenvalue weighted by atomic mass is 19.1. The zero-order valence-electron chi connectivity index (χ0n) is 11.6. The van der Waals surface area contributed by atoms with Crippen molar-refractivity contribution in [3.05, 3.63) is 29.6 Å². The van der Waals surface area contributed by atoms with Crippen LogP contribution in [0, 0.1) is 35.4 Å². The summed E-state index contributed by atoms with van der Waals surface area (Å²) in [6.45, 7) is 0. The molecular formula is C17H19FO2. The third-order valence-corrected chi connectivity index (χ3v) is 5.73. The first-order valence-corrected chi connectivity index (χ1v) is 7.54. The lowest BCUT2D eigenvalue weighted by Gasteiger charge is -2.09. The van der Waals surface area contributed by atoms with Gasteiger partial charge >= 0.3 is 0 Å². The van der Waals surface area contributed by atoms with Crippen LogP contribution in [0.15, 0.2) is 18.2 Å². The van der Waals surface area contributed by atoms with Gasteiger partial charge in [-0.25, -0.2) is 4.39 Å². The van der Waals surface area contributed by atoms with Crippen LogP contribution >= 0.6 is 0 Å². The van der Waals surface area contributed by atoms with Crippen molar-refractivity contribution in [1.82, 2.24) is 0 Å². The van der Waals surface area contributed by atoms with Crippen LogP contribution in [0.5, 0.6) is 5.75 Å². The number of Topliss-reactive ketones (excluding diaryl/α,β-unsaturated/α-hetero) is 1. The van der Waals surface area contributed by atoms with Crippen LogP contribution in [0.25, 0.3) is 0 Å². The van der Waals surface area contributed by atoms with Crippen LogP contribution in [-0.2, 0) is 11.2 Å². The number of benzene rings is 1. The maximum atomic E-state index is 14.1. The van der Waals surface area contributed by atoms with Gasteiger partial charge in [0.05, 0.1) is 7.11 Å². The Labute approximate surface area is 118 Å². The predicted molar refractivity (Wildman–Crippen MR) is 73.0 cm³/mol. The van der Waals surface area contributed by atoms with Crippen molar-refractivity contribution in [1.29, 1.82) is 0 Å². The summed E-state index contributed by atoms with van der Waals surface area (Å²) >= 11 is 0. The van der Waals surface area contributed by atoms with Gasteiger partial charge in [0.15, 0.2) is 11.6 Å². The highest BCUT2D eigenvalue weighted by Gasteiger charge is 2.66. The summed E-state index contributed by atoms with van der Waals surface area (Å²) in [5.74, 6) is 3.16. The Balaban J connectivity index is 1.49. The average Bonchev–Trinajstić information content (AvgIpc) is 2.90. The third-order valence-electron chi connectivity index (χ3n) is 5.73. The van der Waals surface area contributed by atoms with E-state index in [-0.39, 0.29) is 29.7 Å². The van der Waals surface area contributed by atoms with Gasteiger partial charge in [-0.05, 0) is 54.6 Å². The number of ketones is 1. The number of methoxy groups -OCH3 is 1. The van der Waals surface area contributed by atoms with Crippen LogP contribution in [-0.4, -0.2) is 12.9 Å². The van der Waals surface area contributed by atoms with Crippen molar-refractivity contribution in [2.75, 3.05) is 7.11 Å². The monoisotopic (exact) mass is 274 g/mol. The maximum absolute atomic E-state index is 14.1. The van der Waals surface area contributed by atoms with Crippen LogP contribution in [0.1, 0.15) is 24.8 Å². The Hall–Kier alpha value is -1.38. The average molecular weight is 274 g/mol. The van der Waals surface area contributed by atoms with E-state index < -0.39 is 0 Å². The summed E-state index contributed by atoms with van der Waals surface area (Å²) in [4.78, 5) is 12.5. The molecule has 106 valence electrons. The fourth-order valence-corrected chi connectivity index (χ4v) is 4.91. The fourth-order valence-electron chi connectivity index (χ4n) is 4.91. The molecule has 2 nitrogen and oxygen atoms in total. The van der Waals surface area contributed by atoms with E-state index >= 15 is 0 Å². The zero-order valence-corrected chi connectivity index (χ0v) is 11.6. The Kier molecular flexibility index (Phi) is 2.66. The number of carbonyl (C=O) groups is 1. The van der Waals surface area contributed by atoms with Gasteiger partial charge in [-0.2, -0.15) is 0 Å². The first-order valence-electron chi connectivity index (χ1n) is 7.54. The quantitative estimate of drug-likeness (QED) is 0.842. The third kappa shape index (κ3) is 1.65. The molecule has 4 rings (SSSR count). The maximum Gasteiger partial charge on any atom is 0.168 e. The van der Waals surface area contributed by atoms with Gasteiger partial charge in [0.25, 0.3) is 0 Å². The van der Waals surface area contributed by atoms with Crippen molar-refractivity contribution in [3.63, 3.8) is 0 Å². The minimum Gasteiger partial charge on any atom is -0.494 e. The second-order valence-corrected chi connectivity index (χ2v) is 6.59. The van der Waals surface area contributed by atoms with Gasteiger partial charge in [0, 0.05) is 12.3 Å². The molecule has 20 heavy (non-hydrogen) atoms. The molecule has 3 aliphatic rings. The van der Waals surface area contributed by atoms with E-state index in [0.717, 1.165) is 11.8 Å². The molecule has 4 unspecified atom stereocenters. The standard InChI is InChI=1S/C17H19FO2/c1-20-13-4-2-3-11(17(13)18)8-12(19)16-14-9-5-6-10(7-9)15(14)16/h2-4,9-10,14-16H,5-8H2,1H3. The van der Waals surface area contributed by atoms with Gasteiger partial charge in [-0.15, -0.1) is 0 Å². The van der Waals surface area contributed by atoms with Crippen LogP contribution in [0.2, 0.25) is 0 Å². The highest BCUT2D eigenvalue weighted by Crippen LogP contribution is 2.69. The lowest BCUT2D eigenvalue weighted by atomic mass is 9.96. The Bertz CT molecular complexity index is 552. The second-order valence-electron chi connectivity index (χ2n) is 6.59. The van der Waals surface area contributed by atoms with E-state index in [0.29, 0.717) is 17.4 Å². The molecule has 2 bridgehead atoms. The Morgan fingerprint density at radius 3 is 2.65 bits per heavy atom. The lowest BCUT2D eigenvalue weighted by Crippen LogP contribution is -2.13. The summed E-state index contributed by atoms with van der Waals surface area (Å²) in [7, 11) is 1.45. The summed E-state index contributed by atoms with van der Waals surface area (Å²) in [6, 6.07) is 5.04. The lowest BCUT2D eigenvalue weighted by molar-refractivity contribution is -0.120. The summed E-state index contributed by atoms with van der Waals surface area (Å²) in [6.07, 6.45) is 4.18. The van der Waals surface area contributed by atoms with E-state index in [2.05, 4.69) is 0 Å². The summed E-state index contributed by atoms with van der Waals surface area (Å²) in [5.41, 5.74) is 0.478. The van der Waals surface area contributed by atoms with Crippen LogP contribution in [0.3, 0.4) is 0 Å². The summed E-state index contributed by atoms with van der Waals surface area (Å²) < 4.78 is 19.1. The molecule has 0 spiro atoms. The molecule has 3 saturated carbocycles. The minimum absolute atomic E-state index is 0.222. The van der Waals surface area contributed by atoms with E-state index in [4.69, 9.17) is 4.74 Å². The summed E-state index contributed by atoms with van der Waals surface area (Å²) in [5, 5.41) is 0. The first-order chi connectivity index (χ1) is 9.70. The van der Waals surface area contributed by atoms with Crippen molar-refractivity contribution in [2.24, 2.45) is 29.6 Å². The largest absolute Gasteiger partial charge is 0.494 e. The molecule has 0 aromatic heterocycles. The smallest absolute Gasteiger partial charge is 0.168 e. The van der Waals surface area contributed by atoms with Gasteiger partial charge in [0.1, 0.15) is 5.78 Å². The molecule has 3 heteroatoms. The van der Waals surface area contributed by atoms with Crippen molar-refractivity contribution in [2.45, 2.75) is 25.7 Å². The number of fused-ring (bicyclic) bond motifs is 5. The van der Waals surface area contributed by atoms with Crippen molar-refractivity contribution >= 4 is 5.78 Å². The molecule has 3 aliphatic carbocycles. The van der Waals surface area contributed by atoms with Gasteiger partial charge in [0.2, 0.25) is 0 Å².